The van der Waals surface area contributed by atoms with E-state index in [1.807, 2.05) is 24.3 Å². The molecule has 0 heterocycles. The molecule has 0 fully saturated rings. The first-order chi connectivity index (χ1) is 9.11. The number of hydrogen-bond acceptors (Lipinski definition) is 2. The summed E-state index contributed by atoms with van der Waals surface area (Å²) in [6, 6.07) is 10.9. The highest BCUT2D eigenvalue weighted by molar-refractivity contribution is 6.43. The van der Waals surface area contributed by atoms with E-state index in [-0.39, 0.29) is 0 Å². The Hall–Kier alpha value is -1.09. The Balaban J connectivity index is 2.18. The number of halogens is 3. The molecule has 0 aliphatic carbocycles. The van der Waals surface area contributed by atoms with Crippen molar-refractivity contribution >= 4 is 40.5 Å². The molecule has 0 amide bonds. The molecule has 0 atom stereocenters. The zero-order valence-electron chi connectivity index (χ0n) is 10.2. The predicted octanol–water partition coefficient (Wildman–Crippen LogP) is 5.27. The van der Waals surface area contributed by atoms with Gasteiger partial charge < -0.3 is 10.1 Å². The first-order valence-electron chi connectivity index (χ1n) is 5.62. The van der Waals surface area contributed by atoms with Crippen LogP contribution in [0, 0.1) is 0 Å². The third-order valence-electron chi connectivity index (χ3n) is 2.66. The Bertz CT molecular complexity index is 587. The van der Waals surface area contributed by atoms with Gasteiger partial charge in [0.25, 0.3) is 0 Å². The molecule has 0 spiro atoms. The van der Waals surface area contributed by atoms with E-state index in [1.165, 1.54) is 0 Å². The van der Waals surface area contributed by atoms with Crippen molar-refractivity contribution in [3.05, 3.63) is 57.0 Å². The molecule has 1 N–H and O–H groups in total. The second-order valence-electron chi connectivity index (χ2n) is 3.91. The molecule has 0 aliphatic heterocycles. The van der Waals surface area contributed by atoms with Gasteiger partial charge in [-0.25, -0.2) is 0 Å². The van der Waals surface area contributed by atoms with E-state index in [0.717, 1.165) is 17.0 Å². The zero-order chi connectivity index (χ0) is 13.8. The highest BCUT2D eigenvalue weighted by Gasteiger charge is 2.07. The lowest BCUT2D eigenvalue weighted by Gasteiger charge is -2.12. The molecule has 0 aliphatic rings. The van der Waals surface area contributed by atoms with Gasteiger partial charge in [0, 0.05) is 17.1 Å². The number of ether oxygens (including phenoxy) is 1. The number of nitrogens with one attached hydrogen (secondary N) is 1. The summed E-state index contributed by atoms with van der Waals surface area (Å²) in [7, 11) is 1.62. The molecule has 2 aromatic rings. The lowest BCUT2D eigenvalue weighted by molar-refractivity contribution is 0.410. The van der Waals surface area contributed by atoms with Crippen LogP contribution in [0.15, 0.2) is 36.4 Å². The van der Waals surface area contributed by atoms with Crippen molar-refractivity contribution < 1.29 is 4.74 Å². The van der Waals surface area contributed by atoms with Gasteiger partial charge >= 0.3 is 0 Å². The average Bonchev–Trinajstić information content (AvgIpc) is 2.40. The Morgan fingerprint density at radius 1 is 1.11 bits per heavy atom. The van der Waals surface area contributed by atoms with Gasteiger partial charge in [0.1, 0.15) is 5.75 Å². The van der Waals surface area contributed by atoms with Crippen molar-refractivity contribution in [2.75, 3.05) is 12.4 Å². The Labute approximate surface area is 127 Å². The van der Waals surface area contributed by atoms with Crippen LogP contribution in [-0.4, -0.2) is 7.11 Å². The number of anilines is 1. The van der Waals surface area contributed by atoms with Crippen LogP contribution >= 0.6 is 34.8 Å². The smallest absolute Gasteiger partial charge is 0.123 e. The number of methoxy groups -OCH3 is 1. The quantitative estimate of drug-likeness (QED) is 0.830. The maximum absolute atomic E-state index is 6.11. The zero-order valence-corrected chi connectivity index (χ0v) is 12.5. The molecular formula is C14H12Cl3NO. The first kappa shape index (κ1) is 14.3. The largest absolute Gasteiger partial charge is 0.496 e. The fraction of sp³-hybridized carbons (Fsp3) is 0.143. The Morgan fingerprint density at radius 2 is 1.89 bits per heavy atom. The van der Waals surface area contributed by atoms with Crippen LogP contribution in [0.25, 0.3) is 0 Å². The van der Waals surface area contributed by atoms with Crippen LogP contribution in [0.1, 0.15) is 5.56 Å². The summed E-state index contributed by atoms with van der Waals surface area (Å²) in [6.45, 7) is 0.545. The molecule has 19 heavy (non-hydrogen) atoms. The van der Waals surface area contributed by atoms with Crippen LogP contribution < -0.4 is 10.1 Å². The summed E-state index contributed by atoms with van der Waals surface area (Å²) in [4.78, 5) is 0. The third kappa shape index (κ3) is 3.47. The second-order valence-corrected chi connectivity index (χ2v) is 5.13. The maximum Gasteiger partial charge on any atom is 0.123 e. The fourth-order valence-corrected chi connectivity index (χ4v) is 2.28. The molecule has 2 aromatic carbocycles. The van der Waals surface area contributed by atoms with Crippen LogP contribution in [0.4, 0.5) is 5.69 Å². The van der Waals surface area contributed by atoms with Gasteiger partial charge in [-0.2, -0.15) is 0 Å². The van der Waals surface area contributed by atoms with E-state index >= 15 is 0 Å². The molecule has 100 valence electrons. The van der Waals surface area contributed by atoms with E-state index in [2.05, 4.69) is 5.32 Å². The SMILES string of the molecule is COc1ccc(Cl)cc1CNc1cccc(Cl)c1Cl. The van der Waals surface area contributed by atoms with Crippen LogP contribution in [0.3, 0.4) is 0 Å². The molecule has 0 aromatic heterocycles. The molecule has 0 saturated heterocycles. The van der Waals surface area contributed by atoms with Crippen molar-refractivity contribution in [1.29, 1.82) is 0 Å². The van der Waals surface area contributed by atoms with Crippen molar-refractivity contribution in [3.8, 4) is 5.75 Å². The second kappa shape index (κ2) is 6.38. The number of hydrogen-bond donors (Lipinski definition) is 1. The van der Waals surface area contributed by atoms with Gasteiger partial charge in [-0.1, -0.05) is 40.9 Å². The van der Waals surface area contributed by atoms with Gasteiger partial charge in [-0.3, -0.25) is 0 Å². The van der Waals surface area contributed by atoms with E-state index < -0.39 is 0 Å². The number of benzene rings is 2. The van der Waals surface area contributed by atoms with Gasteiger partial charge in [-0.05, 0) is 30.3 Å². The van der Waals surface area contributed by atoms with E-state index in [0.29, 0.717) is 21.6 Å². The summed E-state index contributed by atoms with van der Waals surface area (Å²) in [5, 5.41) is 4.90. The van der Waals surface area contributed by atoms with E-state index in [1.54, 1.807) is 19.2 Å². The maximum atomic E-state index is 6.11. The monoisotopic (exact) mass is 315 g/mol. The lowest BCUT2D eigenvalue weighted by atomic mass is 10.2. The lowest BCUT2D eigenvalue weighted by Crippen LogP contribution is -2.02. The molecule has 0 saturated carbocycles. The molecule has 0 radical (unpaired) electrons. The molecular weight excluding hydrogens is 305 g/mol. The van der Waals surface area contributed by atoms with Gasteiger partial charge in [0.2, 0.25) is 0 Å². The molecule has 2 nitrogen and oxygen atoms in total. The first-order valence-corrected chi connectivity index (χ1v) is 6.75. The van der Waals surface area contributed by atoms with Crippen molar-refractivity contribution in [1.82, 2.24) is 0 Å². The standard InChI is InChI=1S/C14H12Cl3NO/c1-19-13-6-5-10(15)7-9(13)8-18-12-4-2-3-11(16)14(12)17/h2-7,18H,8H2,1H3. The van der Waals surface area contributed by atoms with E-state index in [4.69, 9.17) is 39.5 Å². The van der Waals surface area contributed by atoms with E-state index in [9.17, 15) is 0 Å². The van der Waals surface area contributed by atoms with Crippen LogP contribution in [-0.2, 0) is 6.54 Å². The molecule has 0 unspecified atom stereocenters. The van der Waals surface area contributed by atoms with Crippen molar-refractivity contribution in [2.45, 2.75) is 6.54 Å². The van der Waals surface area contributed by atoms with Gasteiger partial charge in [0.05, 0.1) is 22.8 Å². The van der Waals surface area contributed by atoms with Crippen LogP contribution in [0.2, 0.25) is 15.1 Å². The summed E-state index contributed by atoms with van der Waals surface area (Å²) >= 11 is 18.1. The Morgan fingerprint density at radius 3 is 2.63 bits per heavy atom. The highest BCUT2D eigenvalue weighted by Crippen LogP contribution is 2.31. The summed E-state index contributed by atoms with van der Waals surface area (Å²) in [5.74, 6) is 0.773. The fourth-order valence-electron chi connectivity index (χ4n) is 1.72. The summed E-state index contributed by atoms with van der Waals surface area (Å²) < 4.78 is 5.29. The number of rotatable bonds is 4. The molecule has 2 rings (SSSR count). The van der Waals surface area contributed by atoms with Gasteiger partial charge in [0.15, 0.2) is 0 Å². The predicted molar refractivity (Wildman–Crippen MR) is 81.8 cm³/mol. The Kier molecular flexibility index (Phi) is 4.81. The third-order valence-corrected chi connectivity index (χ3v) is 3.72. The van der Waals surface area contributed by atoms with Crippen molar-refractivity contribution in [3.63, 3.8) is 0 Å². The summed E-state index contributed by atoms with van der Waals surface area (Å²) in [5.41, 5.74) is 1.72. The average molecular weight is 317 g/mol. The molecule has 0 bridgehead atoms. The summed E-state index contributed by atoms with van der Waals surface area (Å²) in [6.07, 6.45) is 0. The minimum absolute atomic E-state index is 0.505. The minimum atomic E-state index is 0.505. The van der Waals surface area contributed by atoms with Crippen molar-refractivity contribution in [2.24, 2.45) is 0 Å². The normalized spacial score (nSPS) is 10.3. The van der Waals surface area contributed by atoms with Crippen LogP contribution in [0.5, 0.6) is 5.75 Å². The topological polar surface area (TPSA) is 21.3 Å². The molecule has 5 heteroatoms. The minimum Gasteiger partial charge on any atom is -0.496 e. The highest BCUT2D eigenvalue weighted by atomic mass is 35.5. The van der Waals surface area contributed by atoms with Gasteiger partial charge in [-0.15, -0.1) is 0 Å².